The fraction of sp³-hybridized carbons (Fsp3) is 0.583. The van der Waals surface area contributed by atoms with Crippen molar-refractivity contribution < 1.29 is 0 Å². The zero-order valence-corrected chi connectivity index (χ0v) is 12.4. The molecule has 2 rings (SSSR count). The van der Waals surface area contributed by atoms with Crippen LogP contribution in [0.1, 0.15) is 25.7 Å². The summed E-state index contributed by atoms with van der Waals surface area (Å²) in [4.78, 5) is 6.94. The maximum Gasteiger partial charge on any atom is 0.128 e. The zero-order valence-electron chi connectivity index (χ0n) is 9.20. The van der Waals surface area contributed by atoms with Crippen LogP contribution in [0.2, 0.25) is 0 Å². The lowest BCUT2D eigenvalue weighted by Crippen LogP contribution is -2.29. The average molecular weight is 348 g/mol. The fourth-order valence-electron chi connectivity index (χ4n) is 2.29. The van der Waals surface area contributed by atoms with Crippen LogP contribution in [0.3, 0.4) is 0 Å². The van der Waals surface area contributed by atoms with Crippen molar-refractivity contribution >= 4 is 37.7 Å². The van der Waals surface area contributed by atoms with E-state index >= 15 is 0 Å². The van der Waals surface area contributed by atoms with Crippen LogP contribution in [0.4, 0.5) is 5.82 Å². The minimum absolute atomic E-state index is 0.686. The molecule has 1 unspecified atom stereocenters. The van der Waals surface area contributed by atoms with Crippen LogP contribution in [0.25, 0.3) is 0 Å². The number of aromatic nitrogens is 1. The summed E-state index contributed by atoms with van der Waals surface area (Å²) in [6.07, 6.45) is 7.01. The van der Waals surface area contributed by atoms with Gasteiger partial charge >= 0.3 is 0 Å². The molecule has 1 aromatic heterocycles. The van der Waals surface area contributed by atoms with E-state index in [0.29, 0.717) is 6.04 Å². The Morgan fingerprint density at radius 3 is 3.00 bits per heavy atom. The van der Waals surface area contributed by atoms with E-state index < -0.39 is 0 Å². The van der Waals surface area contributed by atoms with E-state index in [4.69, 9.17) is 0 Å². The molecule has 0 aromatic carbocycles. The van der Waals surface area contributed by atoms with Crippen molar-refractivity contribution in [3.63, 3.8) is 0 Å². The standard InChI is InChI=1S/C12H16Br2N2/c13-7-1-3-11-4-2-8-16(11)12-6-5-10(14)9-15-12/h5-6,9,11H,1-4,7-8H2. The molecule has 1 fully saturated rings. The highest BCUT2D eigenvalue weighted by molar-refractivity contribution is 9.10. The quantitative estimate of drug-likeness (QED) is 0.765. The van der Waals surface area contributed by atoms with Crippen molar-refractivity contribution in [1.82, 2.24) is 4.98 Å². The molecule has 0 amide bonds. The Hall–Kier alpha value is -0.0900. The summed E-state index contributed by atoms with van der Waals surface area (Å²) in [5.41, 5.74) is 0. The lowest BCUT2D eigenvalue weighted by Gasteiger charge is -2.25. The lowest BCUT2D eigenvalue weighted by atomic mass is 10.1. The number of alkyl halides is 1. The van der Waals surface area contributed by atoms with E-state index in [2.05, 4.69) is 53.9 Å². The predicted molar refractivity (Wildman–Crippen MR) is 75.3 cm³/mol. The smallest absolute Gasteiger partial charge is 0.128 e. The molecule has 0 N–H and O–H groups in total. The first kappa shape index (κ1) is 12.4. The van der Waals surface area contributed by atoms with E-state index in [1.807, 2.05) is 6.20 Å². The molecular weight excluding hydrogens is 332 g/mol. The molecule has 4 heteroatoms. The molecule has 1 atom stereocenters. The molecule has 16 heavy (non-hydrogen) atoms. The Bertz CT molecular complexity index is 326. The SMILES string of the molecule is BrCCCC1CCCN1c1ccc(Br)cn1. The third-order valence-electron chi connectivity index (χ3n) is 3.05. The summed E-state index contributed by atoms with van der Waals surface area (Å²) in [5.74, 6) is 1.13. The Morgan fingerprint density at radius 2 is 2.31 bits per heavy atom. The van der Waals surface area contributed by atoms with Crippen molar-refractivity contribution in [2.24, 2.45) is 0 Å². The Balaban J connectivity index is 2.04. The number of halogens is 2. The van der Waals surface area contributed by atoms with Crippen molar-refractivity contribution in [2.75, 3.05) is 16.8 Å². The second-order valence-electron chi connectivity index (χ2n) is 4.16. The van der Waals surface area contributed by atoms with E-state index in [1.165, 1.54) is 25.7 Å². The number of anilines is 1. The summed E-state index contributed by atoms with van der Waals surface area (Å²) >= 11 is 6.93. The Morgan fingerprint density at radius 1 is 1.44 bits per heavy atom. The summed E-state index contributed by atoms with van der Waals surface area (Å²) in [6.45, 7) is 1.15. The predicted octanol–water partition coefficient (Wildman–Crippen LogP) is 3.99. The topological polar surface area (TPSA) is 16.1 Å². The minimum atomic E-state index is 0.686. The van der Waals surface area contributed by atoms with Gasteiger partial charge in [-0.05, 0) is 53.7 Å². The van der Waals surface area contributed by atoms with Crippen molar-refractivity contribution in [3.05, 3.63) is 22.8 Å². The molecule has 88 valence electrons. The van der Waals surface area contributed by atoms with Crippen molar-refractivity contribution in [1.29, 1.82) is 0 Å². The lowest BCUT2D eigenvalue weighted by molar-refractivity contribution is 0.600. The van der Waals surface area contributed by atoms with Crippen LogP contribution in [-0.4, -0.2) is 22.9 Å². The molecule has 1 aromatic rings. The summed E-state index contributed by atoms with van der Waals surface area (Å²) in [5, 5.41) is 1.10. The van der Waals surface area contributed by atoms with E-state index in [0.717, 1.165) is 22.2 Å². The first-order valence-corrected chi connectivity index (χ1v) is 7.67. The van der Waals surface area contributed by atoms with Gasteiger partial charge in [-0.3, -0.25) is 0 Å². The third kappa shape index (κ3) is 2.98. The second-order valence-corrected chi connectivity index (χ2v) is 5.86. The van der Waals surface area contributed by atoms with Gasteiger partial charge in [0.1, 0.15) is 5.82 Å². The van der Waals surface area contributed by atoms with Gasteiger partial charge in [0, 0.05) is 28.6 Å². The number of rotatable bonds is 4. The fourth-order valence-corrected chi connectivity index (χ4v) is 2.85. The van der Waals surface area contributed by atoms with Crippen LogP contribution < -0.4 is 4.90 Å². The maximum absolute atomic E-state index is 4.49. The summed E-state index contributed by atoms with van der Waals surface area (Å²) in [7, 11) is 0. The van der Waals surface area contributed by atoms with Crippen LogP contribution >= 0.6 is 31.9 Å². The van der Waals surface area contributed by atoms with Gasteiger partial charge in [0.25, 0.3) is 0 Å². The summed E-state index contributed by atoms with van der Waals surface area (Å²) < 4.78 is 1.05. The normalized spacial score (nSPS) is 20.4. The molecule has 1 aliphatic heterocycles. The Kier molecular flexibility index (Phi) is 4.65. The van der Waals surface area contributed by atoms with Crippen molar-refractivity contribution in [3.8, 4) is 0 Å². The zero-order chi connectivity index (χ0) is 11.4. The number of pyridine rings is 1. The van der Waals surface area contributed by atoms with Crippen LogP contribution in [0, 0.1) is 0 Å². The molecule has 0 saturated carbocycles. The molecule has 0 spiro atoms. The van der Waals surface area contributed by atoms with Gasteiger partial charge in [0.2, 0.25) is 0 Å². The van der Waals surface area contributed by atoms with Gasteiger partial charge < -0.3 is 4.90 Å². The molecule has 0 radical (unpaired) electrons. The highest BCUT2D eigenvalue weighted by Crippen LogP contribution is 2.27. The van der Waals surface area contributed by atoms with E-state index in [1.54, 1.807) is 0 Å². The van der Waals surface area contributed by atoms with Crippen molar-refractivity contribution in [2.45, 2.75) is 31.7 Å². The highest BCUT2D eigenvalue weighted by Gasteiger charge is 2.24. The number of hydrogen-bond acceptors (Lipinski definition) is 2. The monoisotopic (exact) mass is 346 g/mol. The first-order valence-electron chi connectivity index (χ1n) is 5.75. The molecule has 1 aliphatic rings. The number of nitrogens with zero attached hydrogens (tertiary/aromatic N) is 2. The maximum atomic E-state index is 4.49. The van der Waals surface area contributed by atoms with Crippen LogP contribution in [-0.2, 0) is 0 Å². The molecular formula is C12H16Br2N2. The van der Waals surface area contributed by atoms with Gasteiger partial charge in [-0.15, -0.1) is 0 Å². The average Bonchev–Trinajstić information content (AvgIpc) is 2.75. The first-order chi connectivity index (χ1) is 7.81. The van der Waals surface area contributed by atoms with Gasteiger partial charge in [0.05, 0.1) is 0 Å². The highest BCUT2D eigenvalue weighted by atomic mass is 79.9. The molecule has 1 saturated heterocycles. The van der Waals surface area contributed by atoms with Gasteiger partial charge in [-0.1, -0.05) is 15.9 Å². The molecule has 2 nitrogen and oxygen atoms in total. The second kappa shape index (κ2) is 6.01. The minimum Gasteiger partial charge on any atom is -0.354 e. The molecule has 0 bridgehead atoms. The van der Waals surface area contributed by atoms with Crippen LogP contribution in [0.5, 0.6) is 0 Å². The van der Waals surface area contributed by atoms with Gasteiger partial charge in [0.15, 0.2) is 0 Å². The molecule has 2 heterocycles. The van der Waals surface area contributed by atoms with Gasteiger partial charge in [-0.2, -0.15) is 0 Å². The third-order valence-corrected chi connectivity index (χ3v) is 4.08. The molecule has 0 aliphatic carbocycles. The number of hydrogen-bond donors (Lipinski definition) is 0. The van der Waals surface area contributed by atoms with E-state index in [-0.39, 0.29) is 0 Å². The van der Waals surface area contributed by atoms with Crippen LogP contribution in [0.15, 0.2) is 22.8 Å². The Labute approximate surface area is 114 Å². The summed E-state index contributed by atoms with van der Waals surface area (Å²) in [6, 6.07) is 4.87. The van der Waals surface area contributed by atoms with E-state index in [9.17, 15) is 0 Å². The van der Waals surface area contributed by atoms with Gasteiger partial charge in [-0.25, -0.2) is 4.98 Å². The largest absolute Gasteiger partial charge is 0.354 e.